The van der Waals surface area contributed by atoms with Crippen molar-refractivity contribution < 1.29 is 14.3 Å². The fourth-order valence-corrected chi connectivity index (χ4v) is 4.63. The van der Waals surface area contributed by atoms with Crippen molar-refractivity contribution in [3.05, 3.63) is 87.7 Å². The van der Waals surface area contributed by atoms with E-state index in [4.69, 9.17) is 4.74 Å². The maximum Gasteiger partial charge on any atom is 0.265 e. The van der Waals surface area contributed by atoms with E-state index in [2.05, 4.69) is 26.2 Å². The number of amides is 2. The topological polar surface area (TPSA) is 71.5 Å². The molecule has 2 heterocycles. The van der Waals surface area contributed by atoms with Crippen molar-refractivity contribution in [2.75, 3.05) is 5.32 Å². The molecule has 1 aliphatic rings. The van der Waals surface area contributed by atoms with Gasteiger partial charge in [0.15, 0.2) is 6.10 Å². The van der Waals surface area contributed by atoms with Crippen LogP contribution in [0.5, 0.6) is 5.75 Å². The van der Waals surface area contributed by atoms with E-state index in [1.807, 2.05) is 76.2 Å². The Morgan fingerprint density at radius 1 is 1.15 bits per heavy atom. The molecule has 0 radical (unpaired) electrons. The lowest BCUT2D eigenvalue weighted by Gasteiger charge is -2.31. The summed E-state index contributed by atoms with van der Waals surface area (Å²) in [6.07, 6.45) is 2.69. The summed E-state index contributed by atoms with van der Waals surface area (Å²) < 4.78 is 7.03. The molecule has 1 aliphatic heterocycles. The third-order valence-electron chi connectivity index (χ3n) is 6.02. The van der Waals surface area contributed by atoms with Crippen LogP contribution in [-0.2, 0) is 16.1 Å². The number of carbonyl (C=O) groups excluding carboxylic acids is 2. The number of halogens is 1. The molecule has 1 aromatic heterocycles. The third kappa shape index (κ3) is 4.85. The van der Waals surface area contributed by atoms with Crippen LogP contribution in [-0.4, -0.2) is 27.8 Å². The zero-order valence-corrected chi connectivity index (χ0v) is 21.3. The van der Waals surface area contributed by atoms with Gasteiger partial charge in [0.25, 0.3) is 11.8 Å². The highest BCUT2D eigenvalue weighted by Gasteiger charge is 2.42. The van der Waals surface area contributed by atoms with Gasteiger partial charge in [0.1, 0.15) is 11.8 Å². The third-order valence-corrected chi connectivity index (χ3v) is 6.51. The van der Waals surface area contributed by atoms with Gasteiger partial charge in [-0.2, -0.15) is 0 Å². The molecule has 4 rings (SSSR count). The standard InChI is InChI=1S/C27H28BrN3O3/c1-16(2)25-27(33)31(15-19-9-6-12-29-14-19)24(21-13-20(28)10-11-22(21)34-25)26(32)30-23-17(3)7-5-8-18(23)4/h5-14,16,24-25H,15H2,1-4H3,(H,30,32). The first kappa shape index (κ1) is 24.0. The largest absolute Gasteiger partial charge is 0.480 e. The second-order valence-electron chi connectivity index (χ2n) is 8.95. The van der Waals surface area contributed by atoms with Crippen LogP contribution in [0.25, 0.3) is 0 Å². The number of pyridine rings is 1. The van der Waals surface area contributed by atoms with Gasteiger partial charge in [-0.15, -0.1) is 0 Å². The Kier molecular flexibility index (Phi) is 7.03. The number of hydrogen-bond acceptors (Lipinski definition) is 4. The quantitative estimate of drug-likeness (QED) is 0.475. The predicted molar refractivity (Wildman–Crippen MR) is 135 cm³/mol. The lowest BCUT2D eigenvalue weighted by atomic mass is 10.0. The minimum absolute atomic E-state index is 0.0826. The van der Waals surface area contributed by atoms with Gasteiger partial charge in [0.2, 0.25) is 0 Å². The Balaban J connectivity index is 1.85. The summed E-state index contributed by atoms with van der Waals surface area (Å²) in [7, 11) is 0. The number of nitrogens with one attached hydrogen (secondary N) is 1. The first-order valence-electron chi connectivity index (χ1n) is 11.3. The van der Waals surface area contributed by atoms with Crippen LogP contribution in [0.3, 0.4) is 0 Å². The monoisotopic (exact) mass is 521 g/mol. The van der Waals surface area contributed by atoms with Crippen molar-refractivity contribution in [3.8, 4) is 5.75 Å². The molecule has 1 N–H and O–H groups in total. The molecule has 0 spiro atoms. The zero-order chi connectivity index (χ0) is 24.4. The van der Waals surface area contributed by atoms with Crippen LogP contribution in [0.4, 0.5) is 5.69 Å². The minimum atomic E-state index is -0.886. The van der Waals surface area contributed by atoms with Crippen LogP contribution in [0, 0.1) is 19.8 Å². The Bertz CT molecular complexity index is 1190. The molecule has 2 amide bonds. The van der Waals surface area contributed by atoms with E-state index in [1.54, 1.807) is 17.3 Å². The predicted octanol–water partition coefficient (Wildman–Crippen LogP) is 5.59. The van der Waals surface area contributed by atoms with Gasteiger partial charge in [-0.3, -0.25) is 14.6 Å². The molecule has 0 bridgehead atoms. The molecule has 0 saturated heterocycles. The number of ether oxygens (including phenoxy) is 1. The number of nitrogens with zero attached hydrogens (tertiary/aromatic N) is 2. The fourth-order valence-electron chi connectivity index (χ4n) is 4.25. The van der Waals surface area contributed by atoms with Crippen molar-refractivity contribution in [1.29, 1.82) is 0 Å². The molecule has 7 heteroatoms. The number of fused-ring (bicyclic) bond motifs is 1. The highest BCUT2D eigenvalue weighted by atomic mass is 79.9. The molecule has 176 valence electrons. The molecular formula is C27H28BrN3O3. The van der Waals surface area contributed by atoms with Gasteiger partial charge < -0.3 is 15.0 Å². The summed E-state index contributed by atoms with van der Waals surface area (Å²) in [6, 6.07) is 14.2. The normalized spacial score (nSPS) is 17.7. The molecule has 0 aliphatic carbocycles. The smallest absolute Gasteiger partial charge is 0.265 e. The van der Waals surface area contributed by atoms with Crippen LogP contribution in [0.2, 0.25) is 0 Å². The van der Waals surface area contributed by atoms with Crippen LogP contribution in [0.15, 0.2) is 65.4 Å². The van der Waals surface area contributed by atoms with E-state index in [9.17, 15) is 9.59 Å². The van der Waals surface area contributed by atoms with Crippen molar-refractivity contribution in [2.24, 2.45) is 5.92 Å². The first-order chi connectivity index (χ1) is 16.3. The van der Waals surface area contributed by atoms with Gasteiger partial charge in [0.05, 0.1) is 0 Å². The summed E-state index contributed by atoms with van der Waals surface area (Å²) in [4.78, 5) is 33.6. The molecular weight excluding hydrogens is 494 g/mol. The number of aromatic nitrogens is 1. The maximum absolute atomic E-state index is 13.9. The second kappa shape index (κ2) is 9.97. The molecule has 0 fully saturated rings. The SMILES string of the molecule is Cc1cccc(C)c1NC(=O)C1c2cc(Br)ccc2OC(C(C)C)C(=O)N1Cc1cccnc1. The van der Waals surface area contributed by atoms with E-state index < -0.39 is 12.1 Å². The number of benzene rings is 2. The lowest BCUT2D eigenvalue weighted by molar-refractivity contribution is -0.146. The average Bonchev–Trinajstić information content (AvgIpc) is 2.91. The fraction of sp³-hybridized carbons (Fsp3) is 0.296. The number of aryl methyl sites for hydroxylation is 2. The van der Waals surface area contributed by atoms with Crippen molar-refractivity contribution >= 4 is 33.4 Å². The maximum atomic E-state index is 13.9. The molecule has 2 atom stereocenters. The van der Waals surface area contributed by atoms with Gasteiger partial charge in [-0.1, -0.05) is 54.0 Å². The summed E-state index contributed by atoms with van der Waals surface area (Å²) in [6.45, 7) is 8.03. The highest BCUT2D eigenvalue weighted by Crippen LogP contribution is 2.39. The lowest BCUT2D eigenvalue weighted by Crippen LogP contribution is -2.46. The molecule has 34 heavy (non-hydrogen) atoms. The van der Waals surface area contributed by atoms with Crippen molar-refractivity contribution in [1.82, 2.24) is 9.88 Å². The summed E-state index contributed by atoms with van der Waals surface area (Å²) in [5.41, 5.74) is 4.14. The Hall–Kier alpha value is -3.19. The number of rotatable bonds is 5. The summed E-state index contributed by atoms with van der Waals surface area (Å²) >= 11 is 3.53. The molecule has 3 aromatic rings. The molecule has 2 unspecified atom stereocenters. The van der Waals surface area contributed by atoms with E-state index in [0.29, 0.717) is 11.3 Å². The van der Waals surface area contributed by atoms with E-state index in [0.717, 1.165) is 26.9 Å². The second-order valence-corrected chi connectivity index (χ2v) is 9.87. The van der Waals surface area contributed by atoms with Crippen molar-refractivity contribution in [2.45, 2.75) is 46.4 Å². The van der Waals surface area contributed by atoms with Gasteiger partial charge >= 0.3 is 0 Å². The van der Waals surface area contributed by atoms with E-state index in [-0.39, 0.29) is 24.3 Å². The average molecular weight is 522 g/mol. The number of para-hydroxylation sites is 1. The van der Waals surface area contributed by atoms with Gasteiger partial charge in [0, 0.05) is 34.7 Å². The van der Waals surface area contributed by atoms with Crippen LogP contribution in [0.1, 0.15) is 42.1 Å². The zero-order valence-electron chi connectivity index (χ0n) is 19.7. The molecule has 6 nitrogen and oxygen atoms in total. The molecule has 2 aromatic carbocycles. The van der Waals surface area contributed by atoms with E-state index in [1.165, 1.54) is 0 Å². The highest BCUT2D eigenvalue weighted by molar-refractivity contribution is 9.10. The Morgan fingerprint density at radius 2 is 1.88 bits per heavy atom. The number of anilines is 1. The molecule has 0 saturated carbocycles. The first-order valence-corrected chi connectivity index (χ1v) is 12.1. The van der Waals surface area contributed by atoms with Crippen LogP contribution >= 0.6 is 15.9 Å². The minimum Gasteiger partial charge on any atom is -0.480 e. The van der Waals surface area contributed by atoms with Crippen LogP contribution < -0.4 is 10.1 Å². The van der Waals surface area contributed by atoms with Gasteiger partial charge in [-0.05, 0) is 60.7 Å². The Morgan fingerprint density at radius 3 is 2.53 bits per heavy atom. The van der Waals surface area contributed by atoms with Gasteiger partial charge in [-0.25, -0.2) is 0 Å². The summed E-state index contributed by atoms with van der Waals surface area (Å²) in [5, 5.41) is 3.10. The Labute approximate surface area is 208 Å². The summed E-state index contributed by atoms with van der Waals surface area (Å²) in [5.74, 6) is -0.0683. The van der Waals surface area contributed by atoms with E-state index >= 15 is 0 Å². The number of carbonyl (C=O) groups is 2. The number of hydrogen-bond donors (Lipinski definition) is 1. The van der Waals surface area contributed by atoms with Crippen molar-refractivity contribution in [3.63, 3.8) is 0 Å².